The van der Waals surface area contributed by atoms with Gasteiger partial charge >= 0.3 is 0 Å². The lowest BCUT2D eigenvalue weighted by Gasteiger charge is -2.20. The summed E-state index contributed by atoms with van der Waals surface area (Å²) in [5.41, 5.74) is 4.41. The lowest BCUT2D eigenvalue weighted by molar-refractivity contribution is 0.414. The standard InChI is InChI=1S/C11H15N5OS/c1-16(7-8-11(13-12)18-15-14-8)9-5-3-4-6-10(9)17-2/h3-6,13H,7,12H2,1-2H3. The summed E-state index contributed by atoms with van der Waals surface area (Å²) in [6, 6.07) is 7.82. The average Bonchev–Trinajstić information content (AvgIpc) is 2.85. The number of rotatable bonds is 5. The minimum atomic E-state index is 0.608. The van der Waals surface area contributed by atoms with Crippen LogP contribution in [0, 0.1) is 0 Å². The number of benzene rings is 1. The third-order valence-corrected chi connectivity index (χ3v) is 3.27. The van der Waals surface area contributed by atoms with Gasteiger partial charge in [0.25, 0.3) is 0 Å². The molecule has 0 aliphatic carbocycles. The minimum Gasteiger partial charge on any atom is -0.495 e. The highest BCUT2D eigenvalue weighted by Gasteiger charge is 2.12. The van der Waals surface area contributed by atoms with Gasteiger partial charge in [-0.25, -0.2) is 5.84 Å². The average molecular weight is 265 g/mol. The van der Waals surface area contributed by atoms with E-state index in [1.807, 2.05) is 36.2 Å². The van der Waals surface area contributed by atoms with Gasteiger partial charge in [0, 0.05) is 18.6 Å². The van der Waals surface area contributed by atoms with Crippen molar-refractivity contribution in [1.29, 1.82) is 0 Å². The summed E-state index contributed by atoms with van der Waals surface area (Å²) in [4.78, 5) is 2.04. The van der Waals surface area contributed by atoms with E-state index in [0.29, 0.717) is 6.54 Å². The van der Waals surface area contributed by atoms with Crippen molar-refractivity contribution in [3.8, 4) is 5.75 Å². The number of hydrazine groups is 1. The van der Waals surface area contributed by atoms with Crippen LogP contribution in [0.25, 0.3) is 0 Å². The summed E-state index contributed by atoms with van der Waals surface area (Å²) >= 11 is 1.24. The predicted molar refractivity (Wildman–Crippen MR) is 72.8 cm³/mol. The van der Waals surface area contributed by atoms with Crippen molar-refractivity contribution in [2.45, 2.75) is 6.54 Å². The number of methoxy groups -OCH3 is 1. The molecule has 0 saturated carbocycles. The van der Waals surface area contributed by atoms with E-state index in [-0.39, 0.29) is 0 Å². The van der Waals surface area contributed by atoms with E-state index in [4.69, 9.17) is 10.6 Å². The molecule has 18 heavy (non-hydrogen) atoms. The number of nitrogens with two attached hydrogens (primary N) is 1. The highest BCUT2D eigenvalue weighted by Crippen LogP contribution is 2.28. The molecule has 0 amide bonds. The molecule has 1 aromatic carbocycles. The third-order valence-electron chi connectivity index (χ3n) is 2.57. The van der Waals surface area contributed by atoms with Crippen LogP contribution in [0.1, 0.15) is 5.69 Å². The molecule has 3 N–H and O–H groups in total. The maximum absolute atomic E-state index is 5.40. The molecule has 0 unspecified atom stereocenters. The van der Waals surface area contributed by atoms with Crippen molar-refractivity contribution in [2.24, 2.45) is 5.84 Å². The Morgan fingerprint density at radius 1 is 1.44 bits per heavy atom. The second kappa shape index (κ2) is 5.65. The van der Waals surface area contributed by atoms with E-state index in [1.54, 1.807) is 7.11 Å². The van der Waals surface area contributed by atoms with Gasteiger partial charge in [-0.3, -0.25) is 0 Å². The van der Waals surface area contributed by atoms with Crippen LogP contribution in [-0.2, 0) is 6.54 Å². The molecular formula is C11H15N5OS. The minimum absolute atomic E-state index is 0.608. The molecule has 0 aliphatic heterocycles. The number of ether oxygens (including phenoxy) is 1. The van der Waals surface area contributed by atoms with Gasteiger partial charge in [0.1, 0.15) is 16.4 Å². The molecule has 0 fully saturated rings. The Hall–Kier alpha value is -1.86. The Morgan fingerprint density at radius 2 is 2.22 bits per heavy atom. The fourth-order valence-corrected chi connectivity index (χ4v) is 2.16. The Bertz CT molecular complexity index is 516. The molecule has 0 radical (unpaired) electrons. The number of hydrogen-bond acceptors (Lipinski definition) is 7. The Labute approximate surface area is 110 Å². The van der Waals surface area contributed by atoms with Crippen LogP contribution in [0.5, 0.6) is 5.75 Å². The first-order chi connectivity index (χ1) is 8.76. The second-order valence-corrected chi connectivity index (χ2v) is 4.48. The van der Waals surface area contributed by atoms with Crippen LogP contribution in [0.2, 0.25) is 0 Å². The van der Waals surface area contributed by atoms with Crippen LogP contribution in [-0.4, -0.2) is 23.7 Å². The molecule has 7 heteroatoms. The van der Waals surface area contributed by atoms with Gasteiger partial charge < -0.3 is 15.1 Å². The van der Waals surface area contributed by atoms with E-state index in [1.165, 1.54) is 11.5 Å². The molecule has 0 bridgehead atoms. The third kappa shape index (κ3) is 2.52. The highest BCUT2D eigenvalue weighted by atomic mass is 32.1. The lowest BCUT2D eigenvalue weighted by atomic mass is 10.2. The largest absolute Gasteiger partial charge is 0.495 e. The molecule has 2 aromatic rings. The first-order valence-corrected chi connectivity index (χ1v) is 6.15. The summed E-state index contributed by atoms with van der Waals surface area (Å²) in [5.74, 6) is 6.23. The Morgan fingerprint density at radius 3 is 2.94 bits per heavy atom. The summed E-state index contributed by atoms with van der Waals surface area (Å²) in [7, 11) is 3.63. The molecule has 0 aliphatic rings. The summed E-state index contributed by atoms with van der Waals surface area (Å²) in [5, 5.41) is 4.83. The van der Waals surface area contributed by atoms with Crippen molar-refractivity contribution in [3.63, 3.8) is 0 Å². The number of anilines is 2. The number of aromatic nitrogens is 2. The zero-order valence-corrected chi connectivity index (χ0v) is 11.1. The molecular weight excluding hydrogens is 250 g/mol. The molecule has 0 saturated heterocycles. The highest BCUT2D eigenvalue weighted by molar-refractivity contribution is 7.10. The molecule has 6 nitrogen and oxygen atoms in total. The normalized spacial score (nSPS) is 10.2. The number of nitrogens with zero attached hydrogens (tertiary/aromatic N) is 3. The van der Waals surface area contributed by atoms with Gasteiger partial charge in [0.05, 0.1) is 19.3 Å². The van der Waals surface area contributed by atoms with Crippen LogP contribution in [0.4, 0.5) is 10.7 Å². The van der Waals surface area contributed by atoms with Gasteiger partial charge in [-0.15, -0.1) is 5.10 Å². The van der Waals surface area contributed by atoms with E-state index in [9.17, 15) is 0 Å². The van der Waals surface area contributed by atoms with Gasteiger partial charge in [-0.2, -0.15) is 0 Å². The predicted octanol–water partition coefficient (Wildman–Crippen LogP) is 1.47. The van der Waals surface area contributed by atoms with Crippen molar-refractivity contribution in [2.75, 3.05) is 24.5 Å². The maximum Gasteiger partial charge on any atom is 0.149 e. The molecule has 1 aromatic heterocycles. The Kier molecular flexibility index (Phi) is 3.96. The van der Waals surface area contributed by atoms with Crippen molar-refractivity contribution >= 4 is 22.2 Å². The quantitative estimate of drug-likeness (QED) is 0.630. The van der Waals surface area contributed by atoms with Crippen LogP contribution in [0.15, 0.2) is 24.3 Å². The first kappa shape index (κ1) is 12.6. The summed E-state index contributed by atoms with van der Waals surface area (Å²) < 4.78 is 9.20. The van der Waals surface area contributed by atoms with E-state index in [2.05, 4.69) is 15.0 Å². The topological polar surface area (TPSA) is 76.3 Å². The van der Waals surface area contributed by atoms with E-state index >= 15 is 0 Å². The van der Waals surface area contributed by atoms with Gasteiger partial charge in [-0.1, -0.05) is 16.6 Å². The fraction of sp³-hybridized carbons (Fsp3) is 0.273. The SMILES string of the molecule is COc1ccccc1N(C)Cc1nnsc1NN. The zero-order valence-electron chi connectivity index (χ0n) is 10.3. The van der Waals surface area contributed by atoms with E-state index in [0.717, 1.165) is 22.1 Å². The zero-order chi connectivity index (χ0) is 13.0. The lowest BCUT2D eigenvalue weighted by Crippen LogP contribution is -2.19. The van der Waals surface area contributed by atoms with Gasteiger partial charge in [0.15, 0.2) is 0 Å². The van der Waals surface area contributed by atoms with Crippen LogP contribution in [0.3, 0.4) is 0 Å². The van der Waals surface area contributed by atoms with Crippen LogP contribution < -0.4 is 20.9 Å². The number of nitrogens with one attached hydrogen (secondary N) is 1. The molecule has 2 rings (SSSR count). The van der Waals surface area contributed by atoms with E-state index < -0.39 is 0 Å². The van der Waals surface area contributed by atoms with Crippen molar-refractivity contribution in [1.82, 2.24) is 9.59 Å². The number of nitrogen functional groups attached to an aromatic ring is 1. The van der Waals surface area contributed by atoms with Gasteiger partial charge in [0.2, 0.25) is 0 Å². The fourth-order valence-electron chi connectivity index (χ4n) is 1.68. The summed E-state index contributed by atoms with van der Waals surface area (Å²) in [6.45, 7) is 0.608. The number of para-hydroxylation sites is 2. The molecule has 1 heterocycles. The Balaban J connectivity index is 2.19. The summed E-state index contributed by atoms with van der Waals surface area (Å²) in [6.07, 6.45) is 0. The monoisotopic (exact) mass is 265 g/mol. The van der Waals surface area contributed by atoms with Crippen LogP contribution >= 0.6 is 11.5 Å². The molecule has 0 atom stereocenters. The number of hydrogen-bond donors (Lipinski definition) is 2. The first-order valence-electron chi connectivity index (χ1n) is 5.38. The maximum atomic E-state index is 5.40. The molecule has 96 valence electrons. The smallest absolute Gasteiger partial charge is 0.149 e. The van der Waals surface area contributed by atoms with Gasteiger partial charge in [-0.05, 0) is 12.1 Å². The molecule has 0 spiro atoms. The van der Waals surface area contributed by atoms with Crippen molar-refractivity contribution < 1.29 is 4.74 Å². The van der Waals surface area contributed by atoms with Crippen molar-refractivity contribution in [3.05, 3.63) is 30.0 Å². The second-order valence-electron chi connectivity index (χ2n) is 3.72.